The molecule has 0 saturated carbocycles. The van der Waals surface area contributed by atoms with Crippen LogP contribution in [-0.2, 0) is 0 Å². The maximum Gasteiger partial charge on any atom is 0.259 e. The summed E-state index contributed by atoms with van der Waals surface area (Å²) in [5.41, 5.74) is 1.30. The van der Waals surface area contributed by atoms with Crippen molar-refractivity contribution in [3.8, 4) is 0 Å². The fourth-order valence-electron chi connectivity index (χ4n) is 3.25. The van der Waals surface area contributed by atoms with Crippen LogP contribution in [0.15, 0.2) is 24.7 Å². The summed E-state index contributed by atoms with van der Waals surface area (Å²) in [6, 6.07) is 2.05. The van der Waals surface area contributed by atoms with Crippen molar-refractivity contribution in [2.75, 3.05) is 18.4 Å². The van der Waals surface area contributed by atoms with Gasteiger partial charge < -0.3 is 5.32 Å². The van der Waals surface area contributed by atoms with Crippen molar-refractivity contribution in [3.05, 3.63) is 35.1 Å². The van der Waals surface area contributed by atoms with Gasteiger partial charge in [-0.05, 0) is 51.8 Å². The van der Waals surface area contributed by atoms with E-state index in [1.807, 2.05) is 16.9 Å². The van der Waals surface area contributed by atoms with E-state index in [0.717, 1.165) is 37.0 Å². The quantitative estimate of drug-likeness (QED) is 0.737. The van der Waals surface area contributed by atoms with Gasteiger partial charge in [0.1, 0.15) is 0 Å². The molecule has 0 radical (unpaired) electrons. The van der Waals surface area contributed by atoms with Gasteiger partial charge in [-0.1, -0.05) is 0 Å². The summed E-state index contributed by atoms with van der Waals surface area (Å²) < 4.78 is 1.85. The molecular formula is C18H22N6OS. The second-order valence-electron chi connectivity index (χ2n) is 6.87. The summed E-state index contributed by atoms with van der Waals surface area (Å²) in [6.07, 6.45) is 7.48. The molecular weight excluding hydrogens is 348 g/mol. The van der Waals surface area contributed by atoms with E-state index in [0.29, 0.717) is 16.6 Å². The zero-order chi connectivity index (χ0) is 18.1. The molecule has 3 aromatic rings. The van der Waals surface area contributed by atoms with Crippen LogP contribution in [0.25, 0.3) is 11.0 Å². The fourth-order valence-corrected chi connectivity index (χ4v) is 4.23. The monoisotopic (exact) mass is 370 g/mol. The fraction of sp³-hybridized carbons (Fsp3) is 0.444. The van der Waals surface area contributed by atoms with E-state index in [2.05, 4.69) is 39.5 Å². The van der Waals surface area contributed by atoms with Crippen molar-refractivity contribution < 1.29 is 4.79 Å². The van der Waals surface area contributed by atoms with Gasteiger partial charge in [0.05, 0.1) is 11.8 Å². The molecule has 1 saturated heterocycles. The van der Waals surface area contributed by atoms with Crippen LogP contribution >= 0.6 is 11.3 Å². The SMILES string of the molecule is CC(C)n1ncc2cc(C(=O)Nc3ncc(C4CCNCC4)s3)cnc21. The minimum absolute atomic E-state index is 0.192. The van der Waals surface area contributed by atoms with Gasteiger partial charge in [0, 0.05) is 28.7 Å². The maximum absolute atomic E-state index is 12.6. The third-order valence-corrected chi connectivity index (χ3v) is 5.75. The lowest BCUT2D eigenvalue weighted by atomic mass is 9.97. The highest BCUT2D eigenvalue weighted by atomic mass is 32.1. The Morgan fingerprint density at radius 1 is 1.27 bits per heavy atom. The molecule has 1 aliphatic heterocycles. The molecule has 0 aromatic carbocycles. The van der Waals surface area contributed by atoms with Gasteiger partial charge >= 0.3 is 0 Å². The van der Waals surface area contributed by atoms with E-state index >= 15 is 0 Å². The van der Waals surface area contributed by atoms with Crippen molar-refractivity contribution in [2.45, 2.75) is 38.6 Å². The van der Waals surface area contributed by atoms with Crippen LogP contribution in [0.4, 0.5) is 5.13 Å². The van der Waals surface area contributed by atoms with Gasteiger partial charge in [0.25, 0.3) is 5.91 Å². The van der Waals surface area contributed by atoms with Gasteiger partial charge in [-0.25, -0.2) is 14.6 Å². The minimum atomic E-state index is -0.192. The van der Waals surface area contributed by atoms with Gasteiger partial charge in [-0.15, -0.1) is 11.3 Å². The number of carbonyl (C=O) groups is 1. The molecule has 26 heavy (non-hydrogen) atoms. The molecule has 0 unspecified atom stereocenters. The number of hydrogen-bond acceptors (Lipinski definition) is 6. The molecule has 3 aromatic heterocycles. The van der Waals surface area contributed by atoms with Gasteiger partial charge in [-0.2, -0.15) is 5.10 Å². The molecule has 1 aliphatic rings. The van der Waals surface area contributed by atoms with Crippen LogP contribution in [0.3, 0.4) is 0 Å². The number of carbonyl (C=O) groups excluding carboxylic acids is 1. The van der Waals surface area contributed by atoms with Crippen LogP contribution in [0, 0.1) is 0 Å². The largest absolute Gasteiger partial charge is 0.317 e. The van der Waals surface area contributed by atoms with Crippen molar-refractivity contribution >= 4 is 33.4 Å². The highest BCUT2D eigenvalue weighted by Gasteiger charge is 2.19. The van der Waals surface area contributed by atoms with Crippen molar-refractivity contribution in [1.82, 2.24) is 25.1 Å². The Kier molecular flexibility index (Phi) is 4.69. The number of amides is 1. The first kappa shape index (κ1) is 17.1. The third kappa shape index (κ3) is 3.34. The summed E-state index contributed by atoms with van der Waals surface area (Å²) in [7, 11) is 0. The number of fused-ring (bicyclic) bond motifs is 1. The molecule has 0 spiro atoms. The number of nitrogens with one attached hydrogen (secondary N) is 2. The average Bonchev–Trinajstić information content (AvgIpc) is 3.28. The normalized spacial score (nSPS) is 15.7. The number of thiazole rings is 1. The van der Waals surface area contributed by atoms with Gasteiger partial charge in [-0.3, -0.25) is 10.1 Å². The van der Waals surface area contributed by atoms with E-state index < -0.39 is 0 Å². The number of aromatic nitrogens is 4. The van der Waals surface area contributed by atoms with Crippen LogP contribution in [-0.4, -0.2) is 38.7 Å². The number of hydrogen-bond donors (Lipinski definition) is 2. The molecule has 136 valence electrons. The Morgan fingerprint density at radius 2 is 2.08 bits per heavy atom. The van der Waals surface area contributed by atoms with E-state index in [1.54, 1.807) is 23.7 Å². The Bertz CT molecular complexity index is 925. The molecule has 0 atom stereocenters. The maximum atomic E-state index is 12.6. The summed E-state index contributed by atoms with van der Waals surface area (Å²) >= 11 is 1.57. The third-order valence-electron chi connectivity index (χ3n) is 4.67. The predicted molar refractivity (Wildman–Crippen MR) is 103 cm³/mol. The van der Waals surface area contributed by atoms with E-state index in [4.69, 9.17) is 0 Å². The summed E-state index contributed by atoms with van der Waals surface area (Å²) in [4.78, 5) is 22.6. The Labute approximate surface area is 155 Å². The lowest BCUT2D eigenvalue weighted by Crippen LogP contribution is -2.26. The first-order valence-corrected chi connectivity index (χ1v) is 9.74. The number of rotatable bonds is 4. The molecule has 8 heteroatoms. The Morgan fingerprint density at radius 3 is 2.85 bits per heavy atom. The van der Waals surface area contributed by atoms with Crippen LogP contribution < -0.4 is 10.6 Å². The molecule has 7 nitrogen and oxygen atoms in total. The van der Waals surface area contributed by atoms with Gasteiger partial charge in [0.2, 0.25) is 0 Å². The minimum Gasteiger partial charge on any atom is -0.317 e. The second-order valence-corrected chi connectivity index (χ2v) is 7.93. The zero-order valence-corrected chi connectivity index (χ0v) is 15.7. The van der Waals surface area contributed by atoms with E-state index in [1.165, 1.54) is 4.88 Å². The predicted octanol–water partition coefficient (Wildman–Crippen LogP) is 3.19. The van der Waals surface area contributed by atoms with Crippen molar-refractivity contribution in [3.63, 3.8) is 0 Å². The summed E-state index contributed by atoms with van der Waals surface area (Å²) in [6.45, 7) is 6.19. The van der Waals surface area contributed by atoms with Crippen LogP contribution in [0.5, 0.6) is 0 Å². The Balaban J connectivity index is 1.49. The zero-order valence-electron chi connectivity index (χ0n) is 14.9. The molecule has 2 N–H and O–H groups in total. The second kappa shape index (κ2) is 7.13. The van der Waals surface area contributed by atoms with Crippen LogP contribution in [0.2, 0.25) is 0 Å². The van der Waals surface area contributed by atoms with E-state index in [-0.39, 0.29) is 11.9 Å². The highest BCUT2D eigenvalue weighted by molar-refractivity contribution is 7.15. The highest BCUT2D eigenvalue weighted by Crippen LogP contribution is 2.31. The van der Waals surface area contributed by atoms with E-state index in [9.17, 15) is 4.79 Å². The first-order valence-electron chi connectivity index (χ1n) is 8.93. The summed E-state index contributed by atoms with van der Waals surface area (Å²) in [5, 5.41) is 12.1. The van der Waals surface area contributed by atoms with Crippen molar-refractivity contribution in [1.29, 1.82) is 0 Å². The van der Waals surface area contributed by atoms with Gasteiger partial charge in [0.15, 0.2) is 10.8 Å². The van der Waals surface area contributed by atoms with Crippen LogP contribution in [0.1, 0.15) is 53.9 Å². The standard InChI is InChI=1S/C18H22N6OS/c1-11(2)24-16-13(9-22-24)7-14(8-20-16)17(25)23-18-21-10-15(26-18)12-3-5-19-6-4-12/h7-12,19H,3-6H2,1-2H3,(H,21,23,25). The average molecular weight is 370 g/mol. The summed E-state index contributed by atoms with van der Waals surface area (Å²) in [5.74, 6) is 0.349. The molecule has 0 bridgehead atoms. The molecule has 0 aliphatic carbocycles. The smallest absolute Gasteiger partial charge is 0.259 e. The molecule has 4 rings (SSSR count). The lowest BCUT2D eigenvalue weighted by Gasteiger charge is -2.20. The number of anilines is 1. The van der Waals surface area contributed by atoms with Crippen molar-refractivity contribution in [2.24, 2.45) is 0 Å². The number of pyridine rings is 1. The first-order chi connectivity index (χ1) is 12.6. The Hall–Kier alpha value is -2.32. The molecule has 1 fully saturated rings. The lowest BCUT2D eigenvalue weighted by molar-refractivity contribution is 0.102. The topological polar surface area (TPSA) is 84.7 Å². The molecule has 4 heterocycles. The molecule has 1 amide bonds. The number of nitrogens with zero attached hydrogens (tertiary/aromatic N) is 4. The number of piperidine rings is 1.